The highest BCUT2D eigenvalue weighted by atomic mass is 32.1. The van der Waals surface area contributed by atoms with Crippen LogP contribution in [0.25, 0.3) is 10.2 Å². The fourth-order valence-corrected chi connectivity index (χ4v) is 3.24. The molecule has 0 aliphatic rings. The standard InChI is InChI=1S/C18H17FN4O3S/c19-13-5-6-15-14(8-13)22-18(27-15)21-10-17(25)20-9-12-3-1-11(2-4-12)7-16(24)23-26/h1-6,8,26H,7,9-10H2,(H,20,25)(H,21,22)(H,23,24). The molecule has 0 saturated carbocycles. The Morgan fingerprint density at radius 2 is 1.81 bits per heavy atom. The smallest absolute Gasteiger partial charge is 0.247 e. The fourth-order valence-electron chi connectivity index (χ4n) is 2.40. The lowest BCUT2D eigenvalue weighted by molar-refractivity contribution is -0.128. The van der Waals surface area contributed by atoms with Crippen molar-refractivity contribution < 1.29 is 19.2 Å². The number of fused-ring (bicyclic) bond motifs is 1. The number of benzene rings is 2. The number of rotatable bonds is 7. The molecule has 0 aliphatic heterocycles. The van der Waals surface area contributed by atoms with Crippen molar-refractivity contribution >= 4 is 38.5 Å². The number of nitrogens with one attached hydrogen (secondary N) is 3. The molecule has 0 saturated heterocycles. The molecular formula is C18H17FN4O3S. The molecule has 0 fully saturated rings. The maximum Gasteiger partial charge on any atom is 0.247 e. The Kier molecular flexibility index (Phi) is 5.94. The zero-order chi connectivity index (χ0) is 19.2. The van der Waals surface area contributed by atoms with E-state index in [0.29, 0.717) is 17.2 Å². The average Bonchev–Trinajstić information content (AvgIpc) is 3.07. The highest BCUT2D eigenvalue weighted by Gasteiger charge is 2.07. The van der Waals surface area contributed by atoms with E-state index in [0.717, 1.165) is 15.8 Å². The summed E-state index contributed by atoms with van der Waals surface area (Å²) in [5.74, 6) is -1.04. The van der Waals surface area contributed by atoms with Gasteiger partial charge < -0.3 is 10.6 Å². The summed E-state index contributed by atoms with van der Waals surface area (Å²) in [6, 6.07) is 11.5. The molecule has 0 atom stereocenters. The monoisotopic (exact) mass is 388 g/mol. The summed E-state index contributed by atoms with van der Waals surface area (Å²) in [5, 5.41) is 14.8. The van der Waals surface area contributed by atoms with Gasteiger partial charge in [0.05, 0.1) is 23.2 Å². The molecule has 3 aromatic rings. The maximum absolute atomic E-state index is 13.2. The Bertz CT molecular complexity index is 959. The van der Waals surface area contributed by atoms with Crippen LogP contribution in [0.15, 0.2) is 42.5 Å². The molecule has 0 unspecified atom stereocenters. The van der Waals surface area contributed by atoms with Crippen LogP contribution >= 0.6 is 11.3 Å². The van der Waals surface area contributed by atoms with E-state index < -0.39 is 5.91 Å². The molecule has 0 spiro atoms. The number of carbonyl (C=O) groups is 2. The first-order valence-corrected chi connectivity index (χ1v) is 8.92. The maximum atomic E-state index is 13.2. The summed E-state index contributed by atoms with van der Waals surface area (Å²) in [6.07, 6.45) is 0.0825. The third kappa shape index (κ3) is 5.22. The number of anilines is 1. The zero-order valence-electron chi connectivity index (χ0n) is 14.2. The number of amides is 2. The van der Waals surface area contributed by atoms with Crippen molar-refractivity contribution in [2.24, 2.45) is 0 Å². The molecule has 0 aliphatic carbocycles. The van der Waals surface area contributed by atoms with Gasteiger partial charge in [-0.15, -0.1) is 0 Å². The molecule has 140 valence electrons. The van der Waals surface area contributed by atoms with Crippen LogP contribution in [0.2, 0.25) is 0 Å². The molecule has 7 nitrogen and oxygen atoms in total. The highest BCUT2D eigenvalue weighted by Crippen LogP contribution is 2.26. The van der Waals surface area contributed by atoms with Crippen molar-refractivity contribution in [3.63, 3.8) is 0 Å². The van der Waals surface area contributed by atoms with Crippen LogP contribution in [0.4, 0.5) is 9.52 Å². The minimum atomic E-state index is -0.486. The summed E-state index contributed by atoms with van der Waals surface area (Å²) in [4.78, 5) is 27.3. The number of aromatic nitrogens is 1. The van der Waals surface area contributed by atoms with Crippen LogP contribution in [0.1, 0.15) is 11.1 Å². The van der Waals surface area contributed by atoms with E-state index in [2.05, 4.69) is 15.6 Å². The summed E-state index contributed by atoms with van der Waals surface area (Å²) in [7, 11) is 0. The average molecular weight is 388 g/mol. The summed E-state index contributed by atoms with van der Waals surface area (Å²) in [6.45, 7) is 0.398. The van der Waals surface area contributed by atoms with Crippen molar-refractivity contribution in [2.75, 3.05) is 11.9 Å². The minimum Gasteiger partial charge on any atom is -0.352 e. The van der Waals surface area contributed by atoms with Crippen molar-refractivity contribution in [1.82, 2.24) is 15.8 Å². The molecule has 2 amide bonds. The molecule has 1 aromatic heterocycles. The first kappa shape index (κ1) is 18.7. The summed E-state index contributed by atoms with van der Waals surface area (Å²) < 4.78 is 14.0. The van der Waals surface area contributed by atoms with Crippen molar-refractivity contribution in [2.45, 2.75) is 13.0 Å². The van der Waals surface area contributed by atoms with Crippen LogP contribution in [-0.2, 0) is 22.6 Å². The Morgan fingerprint density at radius 1 is 1.07 bits per heavy atom. The van der Waals surface area contributed by atoms with Crippen molar-refractivity contribution in [1.29, 1.82) is 0 Å². The van der Waals surface area contributed by atoms with Gasteiger partial charge in [-0.1, -0.05) is 35.6 Å². The Labute approximate surface area is 158 Å². The second-order valence-electron chi connectivity index (χ2n) is 5.79. The van der Waals surface area contributed by atoms with Gasteiger partial charge in [-0.25, -0.2) is 14.9 Å². The number of carbonyl (C=O) groups excluding carboxylic acids is 2. The highest BCUT2D eigenvalue weighted by molar-refractivity contribution is 7.22. The normalized spacial score (nSPS) is 10.6. The van der Waals surface area contributed by atoms with E-state index in [4.69, 9.17) is 5.21 Å². The topological polar surface area (TPSA) is 103 Å². The number of thiazole rings is 1. The number of hydrogen-bond donors (Lipinski definition) is 4. The van der Waals surface area contributed by atoms with Gasteiger partial charge in [-0.3, -0.25) is 14.8 Å². The second kappa shape index (κ2) is 8.56. The van der Waals surface area contributed by atoms with Gasteiger partial charge in [0.25, 0.3) is 0 Å². The van der Waals surface area contributed by atoms with E-state index >= 15 is 0 Å². The zero-order valence-corrected chi connectivity index (χ0v) is 15.0. The van der Waals surface area contributed by atoms with E-state index in [9.17, 15) is 14.0 Å². The molecule has 1 heterocycles. The lowest BCUT2D eigenvalue weighted by Crippen LogP contribution is -2.29. The van der Waals surface area contributed by atoms with E-state index in [-0.39, 0.29) is 24.7 Å². The Morgan fingerprint density at radius 3 is 2.56 bits per heavy atom. The lowest BCUT2D eigenvalue weighted by Gasteiger charge is -2.07. The molecule has 3 rings (SSSR count). The summed E-state index contributed by atoms with van der Waals surface area (Å²) >= 11 is 1.35. The van der Waals surface area contributed by atoms with Gasteiger partial charge in [0.2, 0.25) is 11.8 Å². The van der Waals surface area contributed by atoms with Gasteiger partial charge in [-0.05, 0) is 23.3 Å². The van der Waals surface area contributed by atoms with Gasteiger partial charge in [0.15, 0.2) is 5.13 Å². The second-order valence-corrected chi connectivity index (χ2v) is 6.82. The van der Waals surface area contributed by atoms with Crippen LogP contribution in [0, 0.1) is 5.82 Å². The quantitative estimate of drug-likeness (QED) is 0.367. The number of halogens is 1. The van der Waals surface area contributed by atoms with Crippen molar-refractivity contribution in [3.8, 4) is 0 Å². The van der Waals surface area contributed by atoms with Crippen molar-refractivity contribution in [3.05, 3.63) is 59.4 Å². The third-order valence-corrected chi connectivity index (χ3v) is 4.75. The fraction of sp³-hybridized carbons (Fsp3) is 0.167. The largest absolute Gasteiger partial charge is 0.352 e. The molecule has 9 heteroatoms. The van der Waals surface area contributed by atoms with Crippen LogP contribution in [0.3, 0.4) is 0 Å². The molecule has 27 heavy (non-hydrogen) atoms. The number of nitrogens with zero attached hydrogens (tertiary/aromatic N) is 1. The van der Waals surface area contributed by atoms with E-state index in [1.165, 1.54) is 23.5 Å². The van der Waals surface area contributed by atoms with Gasteiger partial charge in [0, 0.05) is 12.6 Å². The van der Waals surface area contributed by atoms with Crippen LogP contribution in [-0.4, -0.2) is 28.6 Å². The molecule has 0 radical (unpaired) electrons. The van der Waals surface area contributed by atoms with Gasteiger partial charge in [-0.2, -0.15) is 0 Å². The molecular weight excluding hydrogens is 371 g/mol. The van der Waals surface area contributed by atoms with Crippen LogP contribution in [0.5, 0.6) is 0 Å². The Balaban J connectivity index is 1.47. The van der Waals surface area contributed by atoms with Crippen LogP contribution < -0.4 is 16.1 Å². The predicted molar refractivity (Wildman–Crippen MR) is 100.0 cm³/mol. The minimum absolute atomic E-state index is 0.0526. The van der Waals surface area contributed by atoms with Gasteiger partial charge >= 0.3 is 0 Å². The lowest BCUT2D eigenvalue weighted by atomic mass is 10.1. The van der Waals surface area contributed by atoms with Gasteiger partial charge in [0.1, 0.15) is 5.82 Å². The predicted octanol–water partition coefficient (Wildman–Crippen LogP) is 2.21. The third-order valence-electron chi connectivity index (χ3n) is 3.75. The van der Waals surface area contributed by atoms with E-state index in [1.807, 2.05) is 0 Å². The summed E-state index contributed by atoms with van der Waals surface area (Å²) in [5.41, 5.74) is 3.77. The van der Waals surface area contributed by atoms with E-state index in [1.54, 1.807) is 35.8 Å². The number of hydroxylamine groups is 1. The molecule has 0 bridgehead atoms. The molecule has 2 aromatic carbocycles. The Hall–Kier alpha value is -3.04. The first-order valence-electron chi connectivity index (χ1n) is 8.11. The number of hydrogen-bond acceptors (Lipinski definition) is 6. The SMILES string of the molecule is O=C(Cc1ccc(CNC(=O)CNc2nc3cc(F)ccc3s2)cc1)NO. The molecule has 4 N–H and O–H groups in total. The first-order chi connectivity index (χ1) is 13.0.